The maximum Gasteiger partial charge on any atom is 0.223 e. The van der Waals surface area contributed by atoms with Gasteiger partial charge in [0.25, 0.3) is 0 Å². The van der Waals surface area contributed by atoms with Crippen molar-refractivity contribution in [2.45, 2.75) is 32.1 Å². The van der Waals surface area contributed by atoms with Gasteiger partial charge >= 0.3 is 0 Å². The van der Waals surface area contributed by atoms with Gasteiger partial charge in [0.05, 0.1) is 0 Å². The molecule has 108 valence electrons. The predicted molar refractivity (Wildman–Crippen MR) is 81.7 cm³/mol. The molecule has 3 nitrogen and oxygen atoms in total. The lowest BCUT2D eigenvalue weighted by atomic mass is 10.1. The van der Waals surface area contributed by atoms with Crippen LogP contribution in [0.3, 0.4) is 0 Å². The van der Waals surface area contributed by atoms with Crippen LogP contribution in [0.2, 0.25) is 0 Å². The molecule has 1 atom stereocenters. The van der Waals surface area contributed by atoms with E-state index in [0.29, 0.717) is 17.7 Å². The normalized spacial score (nSPS) is 23.2. The fourth-order valence-corrected chi connectivity index (χ4v) is 3.45. The maximum absolute atomic E-state index is 12.0. The highest BCUT2D eigenvalue weighted by molar-refractivity contribution is 5.78. The largest absolute Gasteiger partial charge is 0.371 e. The third-order valence-electron chi connectivity index (χ3n) is 4.70. The molecule has 0 radical (unpaired) electrons. The van der Waals surface area contributed by atoms with Crippen LogP contribution >= 0.6 is 0 Å². The van der Waals surface area contributed by atoms with E-state index in [2.05, 4.69) is 40.5 Å². The molecule has 2 aliphatic rings. The lowest BCUT2D eigenvalue weighted by Crippen LogP contribution is -2.34. The van der Waals surface area contributed by atoms with Gasteiger partial charge in [-0.05, 0) is 37.3 Å². The van der Waals surface area contributed by atoms with Crippen molar-refractivity contribution < 1.29 is 4.79 Å². The first-order valence-corrected chi connectivity index (χ1v) is 7.90. The number of nitrogens with zero attached hydrogens (tertiary/aromatic N) is 1. The van der Waals surface area contributed by atoms with Gasteiger partial charge in [-0.3, -0.25) is 4.79 Å². The van der Waals surface area contributed by atoms with E-state index in [4.69, 9.17) is 0 Å². The molecule has 20 heavy (non-hydrogen) atoms. The smallest absolute Gasteiger partial charge is 0.223 e. The summed E-state index contributed by atoms with van der Waals surface area (Å²) in [6.45, 7) is 3.02. The van der Waals surface area contributed by atoms with Crippen LogP contribution in [0.15, 0.2) is 30.3 Å². The molecule has 1 saturated carbocycles. The van der Waals surface area contributed by atoms with Gasteiger partial charge in [-0.25, -0.2) is 0 Å². The minimum atomic E-state index is 0.292. The Balaban J connectivity index is 1.45. The van der Waals surface area contributed by atoms with E-state index in [-0.39, 0.29) is 0 Å². The van der Waals surface area contributed by atoms with Crippen LogP contribution in [0.5, 0.6) is 0 Å². The molecule has 3 rings (SSSR count). The molecule has 0 aromatic heterocycles. The Morgan fingerprint density at radius 2 is 1.90 bits per heavy atom. The topological polar surface area (TPSA) is 32.3 Å². The van der Waals surface area contributed by atoms with E-state index in [0.717, 1.165) is 32.5 Å². The molecule has 1 heterocycles. The Labute approximate surface area is 121 Å². The van der Waals surface area contributed by atoms with Crippen molar-refractivity contribution in [3.63, 3.8) is 0 Å². The van der Waals surface area contributed by atoms with Crippen molar-refractivity contribution >= 4 is 11.6 Å². The van der Waals surface area contributed by atoms with Crippen LogP contribution in [0, 0.1) is 11.8 Å². The average Bonchev–Trinajstić information content (AvgIpc) is 3.17. The SMILES string of the molecule is O=C(NCC1CCN(c2ccccc2)C1)C1CCCC1. The Bertz CT molecular complexity index is 440. The fourth-order valence-electron chi connectivity index (χ4n) is 3.45. The summed E-state index contributed by atoms with van der Waals surface area (Å²) in [4.78, 5) is 14.5. The van der Waals surface area contributed by atoms with Crippen molar-refractivity contribution in [2.75, 3.05) is 24.5 Å². The lowest BCUT2D eigenvalue weighted by Gasteiger charge is -2.19. The van der Waals surface area contributed by atoms with E-state index in [1.165, 1.54) is 24.9 Å². The standard InChI is InChI=1S/C17H24N2O/c20-17(15-6-4-5-7-15)18-12-14-10-11-19(13-14)16-8-2-1-3-9-16/h1-3,8-9,14-15H,4-7,10-13H2,(H,18,20). The molecule has 3 heteroatoms. The molecule has 1 aromatic rings. The summed E-state index contributed by atoms with van der Waals surface area (Å²) in [7, 11) is 0. The first kappa shape index (κ1) is 13.5. The highest BCUT2D eigenvalue weighted by atomic mass is 16.1. The summed E-state index contributed by atoms with van der Waals surface area (Å²) in [5.74, 6) is 1.18. The number of para-hydroxylation sites is 1. The summed E-state index contributed by atoms with van der Waals surface area (Å²) in [6, 6.07) is 10.6. The maximum atomic E-state index is 12.0. The number of hydrogen-bond acceptors (Lipinski definition) is 2. The van der Waals surface area contributed by atoms with Crippen molar-refractivity contribution in [2.24, 2.45) is 11.8 Å². The van der Waals surface area contributed by atoms with E-state index in [1.54, 1.807) is 0 Å². The highest BCUT2D eigenvalue weighted by Crippen LogP contribution is 2.26. The minimum Gasteiger partial charge on any atom is -0.371 e. The molecule has 1 aliphatic carbocycles. The van der Waals surface area contributed by atoms with Gasteiger partial charge < -0.3 is 10.2 Å². The molecule has 1 unspecified atom stereocenters. The molecule has 2 fully saturated rings. The molecule has 1 aliphatic heterocycles. The minimum absolute atomic E-state index is 0.292. The Hall–Kier alpha value is -1.51. The molecule has 1 saturated heterocycles. The van der Waals surface area contributed by atoms with Gasteiger partial charge in [-0.1, -0.05) is 31.0 Å². The number of anilines is 1. The second-order valence-corrected chi connectivity index (χ2v) is 6.16. The van der Waals surface area contributed by atoms with Crippen molar-refractivity contribution in [1.29, 1.82) is 0 Å². The second-order valence-electron chi connectivity index (χ2n) is 6.16. The third-order valence-corrected chi connectivity index (χ3v) is 4.70. The number of carbonyl (C=O) groups is 1. The van der Waals surface area contributed by atoms with E-state index in [1.807, 2.05) is 0 Å². The summed E-state index contributed by atoms with van der Waals surface area (Å²) in [5, 5.41) is 3.17. The summed E-state index contributed by atoms with van der Waals surface area (Å²) in [6.07, 6.45) is 5.81. The van der Waals surface area contributed by atoms with Crippen LogP contribution in [-0.4, -0.2) is 25.5 Å². The van der Waals surface area contributed by atoms with Gasteiger partial charge in [0.1, 0.15) is 0 Å². The van der Waals surface area contributed by atoms with Crippen LogP contribution in [0.25, 0.3) is 0 Å². The van der Waals surface area contributed by atoms with Gasteiger partial charge in [0.15, 0.2) is 0 Å². The molecule has 1 amide bonds. The van der Waals surface area contributed by atoms with Crippen molar-refractivity contribution in [3.05, 3.63) is 30.3 Å². The molecule has 1 aromatic carbocycles. The zero-order valence-corrected chi connectivity index (χ0v) is 12.1. The average molecular weight is 272 g/mol. The summed E-state index contributed by atoms with van der Waals surface area (Å²) < 4.78 is 0. The Morgan fingerprint density at radius 3 is 2.65 bits per heavy atom. The lowest BCUT2D eigenvalue weighted by molar-refractivity contribution is -0.124. The molecule has 0 bridgehead atoms. The first-order chi connectivity index (χ1) is 9.83. The van der Waals surface area contributed by atoms with Crippen LogP contribution in [0.4, 0.5) is 5.69 Å². The first-order valence-electron chi connectivity index (χ1n) is 7.90. The van der Waals surface area contributed by atoms with E-state index in [9.17, 15) is 4.79 Å². The number of amides is 1. The van der Waals surface area contributed by atoms with Crippen molar-refractivity contribution in [1.82, 2.24) is 5.32 Å². The number of nitrogens with one attached hydrogen (secondary N) is 1. The molecule has 0 spiro atoms. The Kier molecular flexibility index (Phi) is 4.24. The number of carbonyl (C=O) groups excluding carboxylic acids is 1. The number of rotatable bonds is 4. The summed E-state index contributed by atoms with van der Waals surface area (Å²) >= 11 is 0. The van der Waals surface area contributed by atoms with Gasteiger partial charge in [0, 0.05) is 31.2 Å². The summed E-state index contributed by atoms with van der Waals surface area (Å²) in [5.41, 5.74) is 1.30. The van der Waals surface area contributed by atoms with Crippen LogP contribution in [-0.2, 0) is 4.79 Å². The third kappa shape index (κ3) is 3.14. The monoisotopic (exact) mass is 272 g/mol. The van der Waals surface area contributed by atoms with E-state index >= 15 is 0 Å². The zero-order chi connectivity index (χ0) is 13.8. The predicted octanol–water partition coefficient (Wildman–Crippen LogP) is 2.82. The highest BCUT2D eigenvalue weighted by Gasteiger charge is 2.26. The van der Waals surface area contributed by atoms with Crippen LogP contribution in [0.1, 0.15) is 32.1 Å². The van der Waals surface area contributed by atoms with Crippen LogP contribution < -0.4 is 10.2 Å². The quantitative estimate of drug-likeness (QED) is 0.914. The fraction of sp³-hybridized carbons (Fsp3) is 0.588. The van der Waals surface area contributed by atoms with Crippen molar-refractivity contribution in [3.8, 4) is 0 Å². The zero-order valence-electron chi connectivity index (χ0n) is 12.1. The molecule has 1 N–H and O–H groups in total. The second kappa shape index (κ2) is 6.29. The van der Waals surface area contributed by atoms with Gasteiger partial charge in [-0.15, -0.1) is 0 Å². The van der Waals surface area contributed by atoms with Gasteiger partial charge in [-0.2, -0.15) is 0 Å². The Morgan fingerprint density at radius 1 is 1.15 bits per heavy atom. The van der Waals surface area contributed by atoms with E-state index < -0.39 is 0 Å². The number of benzene rings is 1. The van der Waals surface area contributed by atoms with Gasteiger partial charge in [0.2, 0.25) is 5.91 Å². The molecular weight excluding hydrogens is 248 g/mol. The molecular formula is C17H24N2O. The number of hydrogen-bond donors (Lipinski definition) is 1.